The van der Waals surface area contributed by atoms with E-state index < -0.39 is 0 Å². The third-order valence-electron chi connectivity index (χ3n) is 2.38. The van der Waals surface area contributed by atoms with Gasteiger partial charge >= 0.3 is 0 Å². The van der Waals surface area contributed by atoms with Crippen molar-refractivity contribution in [2.45, 2.75) is 39.7 Å². The van der Waals surface area contributed by atoms with Crippen LogP contribution < -0.4 is 0 Å². The predicted octanol–water partition coefficient (Wildman–Crippen LogP) is 2.36. The average molecular weight is 154 g/mol. The van der Waals surface area contributed by atoms with Gasteiger partial charge in [-0.05, 0) is 24.7 Å². The summed E-state index contributed by atoms with van der Waals surface area (Å²) in [6.07, 6.45) is 3.96. The lowest BCUT2D eigenvalue weighted by atomic mass is 9.84. The zero-order valence-corrected chi connectivity index (χ0v) is 7.67. The normalized spacial score (nSPS) is 32.3. The summed E-state index contributed by atoms with van der Waals surface area (Å²) >= 11 is 0. The maximum absolute atomic E-state index is 9.42. The number of aliphatic hydroxyl groups is 1. The highest BCUT2D eigenvalue weighted by Crippen LogP contribution is 2.28. The van der Waals surface area contributed by atoms with E-state index in [2.05, 4.69) is 20.8 Å². The van der Waals surface area contributed by atoms with E-state index in [0.717, 1.165) is 6.42 Å². The Hall–Kier alpha value is -0.300. The minimum Gasteiger partial charge on any atom is -0.389 e. The molecular weight excluding hydrogens is 136 g/mol. The van der Waals surface area contributed by atoms with Crippen molar-refractivity contribution < 1.29 is 5.11 Å². The summed E-state index contributed by atoms with van der Waals surface area (Å²) in [5, 5.41) is 9.42. The number of hydrogen-bond acceptors (Lipinski definition) is 1. The van der Waals surface area contributed by atoms with Crippen molar-refractivity contribution in [1.29, 1.82) is 0 Å². The Morgan fingerprint density at radius 1 is 1.55 bits per heavy atom. The van der Waals surface area contributed by atoms with Gasteiger partial charge in [0.1, 0.15) is 0 Å². The molecule has 1 aliphatic rings. The lowest BCUT2D eigenvalue weighted by Crippen LogP contribution is -2.17. The molecule has 0 fully saturated rings. The van der Waals surface area contributed by atoms with Gasteiger partial charge in [-0.3, -0.25) is 0 Å². The van der Waals surface area contributed by atoms with Crippen LogP contribution in [0.5, 0.6) is 0 Å². The topological polar surface area (TPSA) is 20.2 Å². The second kappa shape index (κ2) is 3.40. The van der Waals surface area contributed by atoms with Crippen molar-refractivity contribution in [3.8, 4) is 0 Å². The van der Waals surface area contributed by atoms with Gasteiger partial charge in [0.2, 0.25) is 0 Å². The molecule has 1 heteroatoms. The first-order valence-corrected chi connectivity index (χ1v) is 4.48. The molecule has 0 aliphatic heterocycles. The molecule has 1 rings (SSSR count). The van der Waals surface area contributed by atoms with Crippen molar-refractivity contribution in [2.75, 3.05) is 0 Å². The molecule has 1 N–H and O–H groups in total. The van der Waals surface area contributed by atoms with Crippen molar-refractivity contribution >= 4 is 0 Å². The SMILES string of the molecule is CC1CC(C(C)C)=CC(O)C1. The van der Waals surface area contributed by atoms with Crippen LogP contribution in [0.4, 0.5) is 0 Å². The highest BCUT2D eigenvalue weighted by molar-refractivity contribution is 5.11. The molecule has 1 aliphatic carbocycles. The molecule has 0 bridgehead atoms. The molecule has 0 saturated carbocycles. The first-order valence-electron chi connectivity index (χ1n) is 4.48. The molecule has 0 aromatic heterocycles. The summed E-state index contributed by atoms with van der Waals surface area (Å²) in [6, 6.07) is 0. The van der Waals surface area contributed by atoms with Crippen molar-refractivity contribution in [3.63, 3.8) is 0 Å². The number of allylic oxidation sites excluding steroid dienone is 1. The summed E-state index contributed by atoms with van der Waals surface area (Å²) in [5.41, 5.74) is 1.43. The highest BCUT2D eigenvalue weighted by atomic mass is 16.3. The Balaban J connectivity index is 2.64. The van der Waals surface area contributed by atoms with E-state index in [1.165, 1.54) is 12.0 Å². The fourth-order valence-electron chi connectivity index (χ4n) is 1.71. The molecule has 1 nitrogen and oxygen atoms in total. The second-order valence-electron chi connectivity index (χ2n) is 4.01. The molecule has 0 spiro atoms. The molecule has 64 valence electrons. The first-order chi connectivity index (χ1) is 5.09. The molecule has 0 amide bonds. The molecule has 0 aromatic carbocycles. The van der Waals surface area contributed by atoms with Crippen LogP contribution in [0, 0.1) is 11.8 Å². The van der Waals surface area contributed by atoms with Crippen LogP contribution in [0.3, 0.4) is 0 Å². The fourth-order valence-corrected chi connectivity index (χ4v) is 1.71. The third-order valence-corrected chi connectivity index (χ3v) is 2.38. The van der Waals surface area contributed by atoms with E-state index in [0.29, 0.717) is 11.8 Å². The van der Waals surface area contributed by atoms with Crippen LogP contribution in [0.1, 0.15) is 33.6 Å². The largest absolute Gasteiger partial charge is 0.389 e. The summed E-state index contributed by atoms with van der Waals surface area (Å²) < 4.78 is 0. The van der Waals surface area contributed by atoms with Gasteiger partial charge in [0.15, 0.2) is 0 Å². The van der Waals surface area contributed by atoms with E-state index in [1.807, 2.05) is 6.08 Å². The monoisotopic (exact) mass is 154 g/mol. The van der Waals surface area contributed by atoms with Crippen LogP contribution >= 0.6 is 0 Å². The van der Waals surface area contributed by atoms with Gasteiger partial charge in [0.25, 0.3) is 0 Å². The Labute approximate surface area is 69.1 Å². The molecule has 0 aromatic rings. The molecule has 2 atom stereocenters. The van der Waals surface area contributed by atoms with Crippen molar-refractivity contribution in [2.24, 2.45) is 11.8 Å². The highest BCUT2D eigenvalue weighted by Gasteiger charge is 2.18. The smallest absolute Gasteiger partial charge is 0.0726 e. The Morgan fingerprint density at radius 3 is 2.64 bits per heavy atom. The Bertz CT molecular complexity index is 158. The molecule has 2 unspecified atom stereocenters. The van der Waals surface area contributed by atoms with E-state index >= 15 is 0 Å². The first kappa shape index (κ1) is 8.79. The standard InChI is InChI=1S/C10H18O/c1-7(2)9-4-8(3)5-10(11)6-9/h6-8,10-11H,4-5H2,1-3H3. The average Bonchev–Trinajstić information content (AvgIpc) is 1.85. The fraction of sp³-hybridized carbons (Fsp3) is 0.800. The minimum atomic E-state index is -0.184. The molecular formula is C10H18O. The van der Waals surface area contributed by atoms with Gasteiger partial charge in [-0.15, -0.1) is 0 Å². The summed E-state index contributed by atoms with van der Waals surface area (Å²) in [4.78, 5) is 0. The zero-order valence-electron chi connectivity index (χ0n) is 7.67. The van der Waals surface area contributed by atoms with Crippen molar-refractivity contribution in [1.82, 2.24) is 0 Å². The zero-order chi connectivity index (χ0) is 8.43. The van der Waals surface area contributed by atoms with E-state index in [4.69, 9.17) is 0 Å². The van der Waals surface area contributed by atoms with Gasteiger partial charge in [-0.1, -0.05) is 32.4 Å². The summed E-state index contributed by atoms with van der Waals surface area (Å²) in [6.45, 7) is 6.59. The van der Waals surface area contributed by atoms with Gasteiger partial charge < -0.3 is 5.11 Å². The maximum atomic E-state index is 9.42. The maximum Gasteiger partial charge on any atom is 0.0726 e. The Kier molecular flexibility index (Phi) is 2.72. The summed E-state index contributed by atoms with van der Waals surface area (Å²) in [7, 11) is 0. The van der Waals surface area contributed by atoms with E-state index in [9.17, 15) is 5.11 Å². The van der Waals surface area contributed by atoms with Crippen LogP contribution in [0.2, 0.25) is 0 Å². The van der Waals surface area contributed by atoms with Crippen LogP contribution in [-0.4, -0.2) is 11.2 Å². The van der Waals surface area contributed by atoms with Crippen LogP contribution in [-0.2, 0) is 0 Å². The van der Waals surface area contributed by atoms with Gasteiger partial charge in [0.05, 0.1) is 6.10 Å². The van der Waals surface area contributed by atoms with Crippen LogP contribution in [0.15, 0.2) is 11.6 Å². The molecule has 0 radical (unpaired) electrons. The molecule has 0 saturated heterocycles. The Morgan fingerprint density at radius 2 is 2.18 bits per heavy atom. The minimum absolute atomic E-state index is 0.184. The van der Waals surface area contributed by atoms with Gasteiger partial charge in [-0.25, -0.2) is 0 Å². The lowest BCUT2D eigenvalue weighted by Gasteiger charge is -2.25. The number of rotatable bonds is 1. The molecule has 0 heterocycles. The van der Waals surface area contributed by atoms with E-state index in [-0.39, 0.29) is 6.10 Å². The van der Waals surface area contributed by atoms with Gasteiger partial charge in [0, 0.05) is 0 Å². The number of aliphatic hydroxyl groups excluding tert-OH is 1. The van der Waals surface area contributed by atoms with Crippen molar-refractivity contribution in [3.05, 3.63) is 11.6 Å². The van der Waals surface area contributed by atoms with Crippen LogP contribution in [0.25, 0.3) is 0 Å². The van der Waals surface area contributed by atoms with E-state index in [1.54, 1.807) is 0 Å². The number of hydrogen-bond donors (Lipinski definition) is 1. The quantitative estimate of drug-likeness (QED) is 0.575. The third kappa shape index (κ3) is 2.33. The lowest BCUT2D eigenvalue weighted by molar-refractivity contribution is 0.178. The molecule has 11 heavy (non-hydrogen) atoms. The van der Waals surface area contributed by atoms with Gasteiger partial charge in [-0.2, -0.15) is 0 Å². The summed E-state index contributed by atoms with van der Waals surface area (Å²) in [5.74, 6) is 1.26. The predicted molar refractivity (Wildman–Crippen MR) is 47.3 cm³/mol. The second-order valence-corrected chi connectivity index (χ2v) is 4.01.